The van der Waals surface area contributed by atoms with Gasteiger partial charge in [0.2, 0.25) is 5.82 Å². The van der Waals surface area contributed by atoms with Gasteiger partial charge in [-0.1, -0.05) is 17.3 Å². The van der Waals surface area contributed by atoms with Crippen molar-refractivity contribution in [3.05, 3.63) is 66.2 Å². The predicted molar refractivity (Wildman–Crippen MR) is 108 cm³/mol. The van der Waals surface area contributed by atoms with E-state index in [0.717, 1.165) is 0 Å². The van der Waals surface area contributed by atoms with Gasteiger partial charge in [0, 0.05) is 11.6 Å². The molecule has 0 saturated carbocycles. The Kier molecular flexibility index (Phi) is 5.47. The predicted octanol–water partition coefficient (Wildman–Crippen LogP) is 4.13. The van der Waals surface area contributed by atoms with Crippen LogP contribution in [0.25, 0.3) is 23.0 Å². The van der Waals surface area contributed by atoms with Crippen LogP contribution in [-0.2, 0) is 15.6 Å². The van der Waals surface area contributed by atoms with E-state index < -0.39 is 15.7 Å². The molecule has 0 aliphatic rings. The molecule has 0 aliphatic heterocycles. The van der Waals surface area contributed by atoms with Crippen LogP contribution in [0, 0.1) is 5.82 Å². The van der Waals surface area contributed by atoms with Crippen molar-refractivity contribution >= 4 is 9.84 Å². The average molecular weight is 444 g/mol. The number of rotatable bonds is 7. The van der Waals surface area contributed by atoms with E-state index in [1.165, 1.54) is 62.8 Å². The topological polar surface area (TPSA) is 105 Å². The SMILES string of the molecule is COc1ccc(S(=O)(=O)Cc2ccc(-c3nc(-c4cccc(F)c4)no3)o2)cc1OC. The van der Waals surface area contributed by atoms with Crippen LogP contribution in [0.2, 0.25) is 0 Å². The number of methoxy groups -OCH3 is 2. The second kappa shape index (κ2) is 8.23. The summed E-state index contributed by atoms with van der Waals surface area (Å²) in [7, 11) is -0.828. The van der Waals surface area contributed by atoms with Crippen molar-refractivity contribution in [1.29, 1.82) is 0 Å². The highest BCUT2D eigenvalue weighted by molar-refractivity contribution is 7.90. The second-order valence-corrected chi connectivity index (χ2v) is 8.46. The molecule has 31 heavy (non-hydrogen) atoms. The minimum atomic E-state index is -3.72. The lowest BCUT2D eigenvalue weighted by atomic mass is 10.2. The van der Waals surface area contributed by atoms with E-state index in [9.17, 15) is 12.8 Å². The van der Waals surface area contributed by atoms with Gasteiger partial charge in [-0.25, -0.2) is 12.8 Å². The number of nitrogens with zero attached hydrogens (tertiary/aromatic N) is 2. The number of ether oxygens (including phenoxy) is 2. The molecule has 160 valence electrons. The van der Waals surface area contributed by atoms with E-state index >= 15 is 0 Å². The van der Waals surface area contributed by atoms with Gasteiger partial charge in [-0.3, -0.25) is 0 Å². The molecule has 8 nitrogen and oxygen atoms in total. The number of halogens is 1. The molecule has 0 spiro atoms. The highest BCUT2D eigenvalue weighted by Crippen LogP contribution is 2.31. The highest BCUT2D eigenvalue weighted by atomic mass is 32.2. The van der Waals surface area contributed by atoms with Crippen LogP contribution < -0.4 is 9.47 Å². The van der Waals surface area contributed by atoms with Crippen molar-refractivity contribution < 1.29 is 31.2 Å². The molecule has 0 unspecified atom stereocenters. The Labute approximate surface area is 177 Å². The Hall–Kier alpha value is -3.66. The smallest absolute Gasteiger partial charge is 0.293 e. The standard InChI is InChI=1S/C21H17FN2O6S/c1-27-17-9-7-16(11-19(17)28-2)31(25,26)12-15-6-8-18(29-15)21-23-20(24-30-21)13-4-3-5-14(22)10-13/h3-11H,12H2,1-2H3. The van der Waals surface area contributed by atoms with Crippen molar-refractivity contribution in [3.8, 4) is 34.5 Å². The van der Waals surface area contributed by atoms with Crippen LogP contribution in [0.15, 0.2) is 68.4 Å². The summed E-state index contributed by atoms with van der Waals surface area (Å²) in [5, 5.41) is 3.81. The molecular weight excluding hydrogens is 427 g/mol. The Morgan fingerprint density at radius 2 is 1.81 bits per heavy atom. The summed E-state index contributed by atoms with van der Waals surface area (Å²) in [5.74, 6) is 0.548. The van der Waals surface area contributed by atoms with Gasteiger partial charge < -0.3 is 18.4 Å². The summed E-state index contributed by atoms with van der Waals surface area (Å²) in [6.07, 6.45) is 0. The van der Waals surface area contributed by atoms with Gasteiger partial charge in [0.05, 0.1) is 19.1 Å². The number of furan rings is 1. The molecule has 2 aromatic carbocycles. The van der Waals surface area contributed by atoms with Gasteiger partial charge in [0.15, 0.2) is 27.1 Å². The molecule has 0 bridgehead atoms. The molecule has 4 rings (SSSR count). The van der Waals surface area contributed by atoms with Crippen LogP contribution >= 0.6 is 0 Å². The number of hydrogen-bond acceptors (Lipinski definition) is 8. The summed E-state index contributed by atoms with van der Waals surface area (Å²) in [6.45, 7) is 0. The largest absolute Gasteiger partial charge is 0.493 e. The first kappa shape index (κ1) is 20.6. The normalized spacial score (nSPS) is 11.5. The van der Waals surface area contributed by atoms with E-state index in [1.54, 1.807) is 6.07 Å². The van der Waals surface area contributed by atoms with Gasteiger partial charge in [0.1, 0.15) is 17.3 Å². The molecule has 2 aromatic heterocycles. The van der Waals surface area contributed by atoms with Gasteiger partial charge in [-0.05, 0) is 36.4 Å². The molecule has 0 atom stereocenters. The lowest BCUT2D eigenvalue weighted by molar-refractivity contribution is 0.354. The fraction of sp³-hybridized carbons (Fsp3) is 0.143. The van der Waals surface area contributed by atoms with E-state index in [1.807, 2.05) is 0 Å². The highest BCUT2D eigenvalue weighted by Gasteiger charge is 2.21. The maximum atomic E-state index is 13.4. The van der Waals surface area contributed by atoms with E-state index in [0.29, 0.717) is 17.1 Å². The van der Waals surface area contributed by atoms with Crippen LogP contribution in [-0.4, -0.2) is 32.8 Å². The summed E-state index contributed by atoms with van der Waals surface area (Å²) < 4.78 is 60.0. The lowest BCUT2D eigenvalue weighted by Gasteiger charge is -2.09. The number of benzene rings is 2. The Balaban J connectivity index is 1.56. The Morgan fingerprint density at radius 3 is 2.55 bits per heavy atom. The van der Waals surface area contributed by atoms with Crippen molar-refractivity contribution in [2.45, 2.75) is 10.6 Å². The lowest BCUT2D eigenvalue weighted by Crippen LogP contribution is -2.05. The van der Waals surface area contributed by atoms with Gasteiger partial charge in [-0.2, -0.15) is 4.98 Å². The summed E-state index contributed by atoms with van der Waals surface area (Å²) in [5.41, 5.74) is 0.442. The summed E-state index contributed by atoms with van der Waals surface area (Å²) in [4.78, 5) is 4.25. The molecule has 4 aromatic rings. The minimum Gasteiger partial charge on any atom is -0.493 e. The van der Waals surface area contributed by atoms with Gasteiger partial charge >= 0.3 is 0 Å². The molecule has 0 saturated heterocycles. The molecule has 0 fully saturated rings. The van der Waals surface area contributed by atoms with Crippen LogP contribution in [0.3, 0.4) is 0 Å². The van der Waals surface area contributed by atoms with Crippen molar-refractivity contribution in [2.75, 3.05) is 14.2 Å². The van der Waals surface area contributed by atoms with Crippen LogP contribution in [0.1, 0.15) is 5.76 Å². The van der Waals surface area contributed by atoms with Crippen molar-refractivity contribution in [1.82, 2.24) is 10.1 Å². The zero-order valence-corrected chi connectivity index (χ0v) is 17.3. The number of aromatic nitrogens is 2. The average Bonchev–Trinajstić information content (AvgIpc) is 3.42. The quantitative estimate of drug-likeness (QED) is 0.419. The van der Waals surface area contributed by atoms with E-state index in [2.05, 4.69) is 10.1 Å². The zero-order chi connectivity index (χ0) is 22.0. The van der Waals surface area contributed by atoms with E-state index in [4.69, 9.17) is 18.4 Å². The zero-order valence-electron chi connectivity index (χ0n) is 16.5. The molecule has 0 amide bonds. The number of sulfone groups is 1. The fourth-order valence-electron chi connectivity index (χ4n) is 2.92. The Bertz CT molecular complexity index is 1330. The first-order valence-corrected chi connectivity index (χ1v) is 10.7. The van der Waals surface area contributed by atoms with E-state index in [-0.39, 0.29) is 33.9 Å². The monoisotopic (exact) mass is 444 g/mol. The van der Waals surface area contributed by atoms with Gasteiger partial charge in [-0.15, -0.1) is 0 Å². The molecule has 0 radical (unpaired) electrons. The maximum absolute atomic E-state index is 13.4. The molecule has 0 N–H and O–H groups in total. The maximum Gasteiger partial charge on any atom is 0.293 e. The van der Waals surface area contributed by atoms with Crippen molar-refractivity contribution in [2.24, 2.45) is 0 Å². The molecule has 2 heterocycles. The first-order chi connectivity index (χ1) is 14.9. The first-order valence-electron chi connectivity index (χ1n) is 9.03. The molecular formula is C21H17FN2O6S. The van der Waals surface area contributed by atoms with Crippen LogP contribution in [0.5, 0.6) is 11.5 Å². The second-order valence-electron chi connectivity index (χ2n) is 6.48. The third kappa shape index (κ3) is 4.29. The van der Waals surface area contributed by atoms with Crippen molar-refractivity contribution in [3.63, 3.8) is 0 Å². The third-order valence-corrected chi connectivity index (χ3v) is 6.06. The summed E-state index contributed by atoms with van der Waals surface area (Å²) >= 11 is 0. The minimum absolute atomic E-state index is 0.0500. The molecule has 10 heteroatoms. The fourth-order valence-corrected chi connectivity index (χ4v) is 4.18. The van der Waals surface area contributed by atoms with Gasteiger partial charge in [0.25, 0.3) is 5.89 Å². The van der Waals surface area contributed by atoms with Crippen LogP contribution in [0.4, 0.5) is 4.39 Å². The summed E-state index contributed by atoms with van der Waals surface area (Å²) in [6, 6.07) is 13.1. The number of hydrogen-bond donors (Lipinski definition) is 0. The molecule has 0 aliphatic carbocycles. The Morgan fingerprint density at radius 1 is 1.00 bits per heavy atom. The third-order valence-electron chi connectivity index (χ3n) is 4.43.